The van der Waals surface area contributed by atoms with Crippen LogP contribution < -0.4 is 0 Å². The number of rotatable bonds is 7. The van der Waals surface area contributed by atoms with Gasteiger partial charge in [-0.2, -0.15) is 0 Å². The van der Waals surface area contributed by atoms with Gasteiger partial charge in [0.2, 0.25) is 0 Å². The van der Waals surface area contributed by atoms with Gasteiger partial charge in [-0.3, -0.25) is 0 Å². The number of hydrogen-bond donors (Lipinski definition) is 1. The molecule has 0 fully saturated rings. The van der Waals surface area contributed by atoms with E-state index >= 15 is 0 Å². The highest BCUT2D eigenvalue weighted by Crippen LogP contribution is 2.19. The summed E-state index contributed by atoms with van der Waals surface area (Å²) in [6.45, 7) is 4.82. The zero-order chi connectivity index (χ0) is 11.8. The summed E-state index contributed by atoms with van der Waals surface area (Å²) in [5.41, 5.74) is 1.38. The first-order valence-electron chi connectivity index (χ1n) is 6.41. The van der Waals surface area contributed by atoms with E-state index in [2.05, 4.69) is 38.1 Å². The Morgan fingerprint density at radius 3 is 2.44 bits per heavy atom. The molecule has 0 bridgehead atoms. The average molecular weight is 220 g/mol. The number of aryl methyl sites for hydroxylation is 1. The van der Waals surface area contributed by atoms with Crippen molar-refractivity contribution in [1.29, 1.82) is 0 Å². The van der Waals surface area contributed by atoms with Gasteiger partial charge in [0.25, 0.3) is 0 Å². The van der Waals surface area contributed by atoms with Gasteiger partial charge in [0, 0.05) is 6.61 Å². The molecule has 16 heavy (non-hydrogen) atoms. The van der Waals surface area contributed by atoms with E-state index in [0.29, 0.717) is 12.5 Å². The van der Waals surface area contributed by atoms with Crippen LogP contribution >= 0.6 is 0 Å². The van der Waals surface area contributed by atoms with E-state index in [1.807, 2.05) is 6.07 Å². The lowest BCUT2D eigenvalue weighted by Crippen LogP contribution is -2.11. The molecule has 1 rings (SSSR count). The molecule has 1 heteroatoms. The lowest BCUT2D eigenvalue weighted by Gasteiger charge is -2.17. The lowest BCUT2D eigenvalue weighted by molar-refractivity contribution is 0.194. The summed E-state index contributed by atoms with van der Waals surface area (Å²) in [7, 11) is 0. The van der Waals surface area contributed by atoms with Crippen LogP contribution in [0.4, 0.5) is 0 Å². The maximum Gasteiger partial charge on any atom is 0.0459 e. The van der Waals surface area contributed by atoms with Crippen molar-refractivity contribution in [2.24, 2.45) is 11.8 Å². The molecule has 0 radical (unpaired) electrons. The maximum atomic E-state index is 9.35. The Balaban J connectivity index is 2.34. The van der Waals surface area contributed by atoms with E-state index in [1.54, 1.807) is 0 Å². The van der Waals surface area contributed by atoms with Crippen molar-refractivity contribution < 1.29 is 5.11 Å². The highest BCUT2D eigenvalue weighted by atomic mass is 16.3. The molecule has 1 aromatic carbocycles. The molecule has 0 heterocycles. The van der Waals surface area contributed by atoms with Crippen molar-refractivity contribution in [3.05, 3.63) is 35.9 Å². The highest BCUT2D eigenvalue weighted by molar-refractivity contribution is 5.14. The summed E-state index contributed by atoms with van der Waals surface area (Å²) >= 11 is 0. The molecule has 0 spiro atoms. The Kier molecular flexibility index (Phi) is 6.17. The third-order valence-electron chi connectivity index (χ3n) is 3.37. The predicted molar refractivity (Wildman–Crippen MR) is 69.4 cm³/mol. The second-order valence-electron chi connectivity index (χ2n) is 4.82. The van der Waals surface area contributed by atoms with Crippen molar-refractivity contribution in [3.8, 4) is 0 Å². The van der Waals surface area contributed by atoms with Crippen LogP contribution in [0.5, 0.6) is 0 Å². The minimum atomic E-state index is 0.331. The van der Waals surface area contributed by atoms with Crippen LogP contribution in [0, 0.1) is 11.8 Å². The fraction of sp³-hybridized carbons (Fsp3) is 0.600. The van der Waals surface area contributed by atoms with Crippen molar-refractivity contribution in [1.82, 2.24) is 0 Å². The van der Waals surface area contributed by atoms with E-state index in [9.17, 15) is 5.11 Å². The Labute approximate surface area is 99.5 Å². The van der Waals surface area contributed by atoms with Gasteiger partial charge in [0.1, 0.15) is 0 Å². The van der Waals surface area contributed by atoms with Crippen LogP contribution in [-0.4, -0.2) is 11.7 Å². The van der Waals surface area contributed by atoms with Crippen molar-refractivity contribution >= 4 is 0 Å². The monoisotopic (exact) mass is 220 g/mol. The molecule has 0 aromatic heterocycles. The molecule has 0 amide bonds. The zero-order valence-corrected chi connectivity index (χ0v) is 10.5. The van der Waals surface area contributed by atoms with E-state index in [1.165, 1.54) is 12.0 Å². The minimum absolute atomic E-state index is 0.331. The summed E-state index contributed by atoms with van der Waals surface area (Å²) in [4.78, 5) is 0. The van der Waals surface area contributed by atoms with Gasteiger partial charge in [0.15, 0.2) is 0 Å². The van der Waals surface area contributed by atoms with E-state index in [-0.39, 0.29) is 0 Å². The Morgan fingerprint density at radius 2 is 1.88 bits per heavy atom. The van der Waals surface area contributed by atoms with Gasteiger partial charge in [-0.05, 0) is 36.7 Å². The summed E-state index contributed by atoms with van der Waals surface area (Å²) in [5.74, 6) is 1.20. The molecule has 90 valence electrons. The molecule has 2 atom stereocenters. The number of aliphatic hydroxyl groups is 1. The predicted octanol–water partition coefficient (Wildman–Crippen LogP) is 3.66. The maximum absolute atomic E-state index is 9.35. The van der Waals surface area contributed by atoms with Crippen molar-refractivity contribution in [2.45, 2.75) is 39.5 Å². The number of benzene rings is 1. The largest absolute Gasteiger partial charge is 0.396 e. The second-order valence-corrected chi connectivity index (χ2v) is 4.82. The molecular weight excluding hydrogens is 196 g/mol. The van der Waals surface area contributed by atoms with Gasteiger partial charge < -0.3 is 5.11 Å². The molecule has 2 unspecified atom stereocenters. The van der Waals surface area contributed by atoms with Crippen molar-refractivity contribution in [2.75, 3.05) is 6.61 Å². The molecule has 1 nitrogen and oxygen atoms in total. The molecule has 0 aliphatic carbocycles. The molecule has 0 saturated carbocycles. The van der Waals surface area contributed by atoms with Gasteiger partial charge in [-0.1, -0.05) is 50.6 Å². The zero-order valence-electron chi connectivity index (χ0n) is 10.5. The summed E-state index contributed by atoms with van der Waals surface area (Å²) < 4.78 is 0. The fourth-order valence-corrected chi connectivity index (χ4v) is 2.03. The van der Waals surface area contributed by atoms with Gasteiger partial charge in [-0.15, -0.1) is 0 Å². The summed E-state index contributed by atoms with van der Waals surface area (Å²) in [6.07, 6.45) is 4.55. The van der Waals surface area contributed by atoms with Crippen LogP contribution in [0.3, 0.4) is 0 Å². The normalized spacial score (nSPS) is 14.7. The third-order valence-corrected chi connectivity index (χ3v) is 3.37. The lowest BCUT2D eigenvalue weighted by atomic mass is 9.90. The van der Waals surface area contributed by atoms with Crippen LogP contribution in [0.2, 0.25) is 0 Å². The number of hydrogen-bond acceptors (Lipinski definition) is 1. The highest BCUT2D eigenvalue weighted by Gasteiger charge is 2.11. The second kappa shape index (κ2) is 7.45. The standard InChI is InChI=1S/C15H24O/c1-3-13(2)11-15(12-16)10-9-14-7-5-4-6-8-14/h4-8,13,15-16H,3,9-12H2,1-2H3. The Morgan fingerprint density at radius 1 is 1.19 bits per heavy atom. The number of aliphatic hydroxyl groups excluding tert-OH is 1. The first-order chi connectivity index (χ1) is 7.76. The van der Waals surface area contributed by atoms with Crippen LogP contribution in [0.1, 0.15) is 38.7 Å². The molecule has 0 aliphatic rings. The first kappa shape index (κ1) is 13.2. The molecule has 1 aromatic rings. The third kappa shape index (κ3) is 4.80. The van der Waals surface area contributed by atoms with Gasteiger partial charge >= 0.3 is 0 Å². The van der Waals surface area contributed by atoms with Crippen LogP contribution in [0.25, 0.3) is 0 Å². The summed E-state index contributed by atoms with van der Waals surface area (Å²) in [5, 5.41) is 9.35. The van der Waals surface area contributed by atoms with Gasteiger partial charge in [-0.25, -0.2) is 0 Å². The van der Waals surface area contributed by atoms with Crippen LogP contribution in [-0.2, 0) is 6.42 Å². The van der Waals surface area contributed by atoms with Gasteiger partial charge in [0.05, 0.1) is 0 Å². The molecule has 0 aliphatic heterocycles. The summed E-state index contributed by atoms with van der Waals surface area (Å²) in [6, 6.07) is 10.5. The van der Waals surface area contributed by atoms with Crippen LogP contribution in [0.15, 0.2) is 30.3 Å². The van der Waals surface area contributed by atoms with E-state index in [0.717, 1.165) is 25.2 Å². The van der Waals surface area contributed by atoms with Crippen molar-refractivity contribution in [3.63, 3.8) is 0 Å². The quantitative estimate of drug-likeness (QED) is 0.743. The molecule has 0 saturated heterocycles. The average Bonchev–Trinajstić information content (AvgIpc) is 2.35. The molecule has 1 N–H and O–H groups in total. The topological polar surface area (TPSA) is 20.2 Å². The smallest absolute Gasteiger partial charge is 0.0459 e. The van der Waals surface area contributed by atoms with E-state index < -0.39 is 0 Å². The SMILES string of the molecule is CCC(C)CC(CO)CCc1ccccc1. The minimum Gasteiger partial charge on any atom is -0.396 e. The fourth-order valence-electron chi connectivity index (χ4n) is 2.03. The first-order valence-corrected chi connectivity index (χ1v) is 6.41. The Bertz CT molecular complexity index is 268. The van der Waals surface area contributed by atoms with E-state index in [4.69, 9.17) is 0 Å². The molecular formula is C15H24O. The Hall–Kier alpha value is -0.820.